The van der Waals surface area contributed by atoms with Gasteiger partial charge in [0.05, 0.1) is 16.8 Å². The highest BCUT2D eigenvalue weighted by molar-refractivity contribution is 6.34. The van der Waals surface area contributed by atoms with Gasteiger partial charge in [-0.1, -0.05) is 41.7 Å². The smallest absolute Gasteiger partial charge is 0.0804 e. The SMILES string of the molecule is CCCNC(c1cc(Cl)ccc1Cl)c1ncccc1Cl. The van der Waals surface area contributed by atoms with Gasteiger partial charge in [-0.3, -0.25) is 4.98 Å². The highest BCUT2D eigenvalue weighted by atomic mass is 35.5. The molecule has 1 N–H and O–H groups in total. The van der Waals surface area contributed by atoms with E-state index in [1.54, 1.807) is 18.3 Å². The van der Waals surface area contributed by atoms with Gasteiger partial charge in [-0.15, -0.1) is 0 Å². The van der Waals surface area contributed by atoms with Crippen molar-refractivity contribution in [2.45, 2.75) is 19.4 Å². The summed E-state index contributed by atoms with van der Waals surface area (Å²) in [4.78, 5) is 4.38. The van der Waals surface area contributed by atoms with Gasteiger partial charge < -0.3 is 5.32 Å². The molecular formula is C15H15Cl3N2. The average molecular weight is 330 g/mol. The van der Waals surface area contributed by atoms with Gasteiger partial charge in [0.1, 0.15) is 0 Å². The molecule has 2 rings (SSSR count). The first kappa shape index (κ1) is 15.6. The van der Waals surface area contributed by atoms with E-state index in [0.29, 0.717) is 15.1 Å². The Morgan fingerprint density at radius 3 is 2.65 bits per heavy atom. The zero-order chi connectivity index (χ0) is 14.5. The minimum atomic E-state index is -0.171. The van der Waals surface area contributed by atoms with E-state index in [9.17, 15) is 0 Å². The van der Waals surface area contributed by atoms with Crippen molar-refractivity contribution in [3.05, 3.63) is 62.9 Å². The zero-order valence-electron chi connectivity index (χ0n) is 11.0. The number of nitrogens with zero attached hydrogens (tertiary/aromatic N) is 1. The van der Waals surface area contributed by atoms with Gasteiger partial charge in [0.15, 0.2) is 0 Å². The number of hydrogen-bond acceptors (Lipinski definition) is 2. The Bertz CT molecular complexity index is 587. The van der Waals surface area contributed by atoms with Crippen LogP contribution in [0.15, 0.2) is 36.5 Å². The summed E-state index contributed by atoms with van der Waals surface area (Å²) < 4.78 is 0. The van der Waals surface area contributed by atoms with E-state index in [2.05, 4.69) is 17.2 Å². The zero-order valence-corrected chi connectivity index (χ0v) is 13.3. The van der Waals surface area contributed by atoms with Crippen molar-refractivity contribution in [3.63, 3.8) is 0 Å². The van der Waals surface area contributed by atoms with E-state index in [0.717, 1.165) is 24.2 Å². The molecule has 0 aliphatic carbocycles. The lowest BCUT2D eigenvalue weighted by atomic mass is 10.0. The second-order valence-electron chi connectivity index (χ2n) is 4.42. The van der Waals surface area contributed by atoms with Crippen LogP contribution >= 0.6 is 34.8 Å². The summed E-state index contributed by atoms with van der Waals surface area (Å²) in [5, 5.41) is 5.31. The molecule has 0 fully saturated rings. The van der Waals surface area contributed by atoms with Crippen LogP contribution in [0, 0.1) is 0 Å². The van der Waals surface area contributed by atoms with Crippen molar-refractivity contribution in [1.82, 2.24) is 10.3 Å². The molecule has 0 spiro atoms. The van der Waals surface area contributed by atoms with Crippen molar-refractivity contribution < 1.29 is 0 Å². The summed E-state index contributed by atoms with van der Waals surface area (Å²) in [7, 11) is 0. The molecule has 0 saturated carbocycles. The van der Waals surface area contributed by atoms with Gasteiger partial charge in [0.2, 0.25) is 0 Å². The van der Waals surface area contributed by atoms with Crippen LogP contribution in [-0.2, 0) is 0 Å². The standard InChI is InChI=1S/C15H15Cl3N2/c1-2-7-19-14(15-13(18)4-3-8-20-15)11-9-10(16)5-6-12(11)17/h3-6,8-9,14,19H,2,7H2,1H3. The fourth-order valence-corrected chi connectivity index (χ4v) is 2.63. The molecule has 0 saturated heterocycles. The maximum absolute atomic E-state index is 6.30. The van der Waals surface area contributed by atoms with Crippen molar-refractivity contribution in [2.75, 3.05) is 6.54 Å². The number of nitrogens with one attached hydrogen (secondary N) is 1. The first-order chi connectivity index (χ1) is 9.63. The summed E-state index contributed by atoms with van der Waals surface area (Å²) in [5.41, 5.74) is 1.64. The summed E-state index contributed by atoms with van der Waals surface area (Å²) in [6.07, 6.45) is 2.72. The molecule has 2 nitrogen and oxygen atoms in total. The molecule has 1 unspecified atom stereocenters. The molecule has 106 valence electrons. The van der Waals surface area contributed by atoms with Gasteiger partial charge in [0, 0.05) is 16.2 Å². The normalized spacial score (nSPS) is 12.4. The highest BCUT2D eigenvalue weighted by Gasteiger charge is 2.20. The van der Waals surface area contributed by atoms with Crippen molar-refractivity contribution in [3.8, 4) is 0 Å². The Balaban J connectivity index is 2.47. The third-order valence-electron chi connectivity index (χ3n) is 2.93. The molecular weight excluding hydrogens is 315 g/mol. The van der Waals surface area contributed by atoms with Crippen LogP contribution in [0.3, 0.4) is 0 Å². The number of pyridine rings is 1. The third kappa shape index (κ3) is 3.64. The Labute approximate surface area is 134 Å². The van der Waals surface area contributed by atoms with E-state index < -0.39 is 0 Å². The second-order valence-corrected chi connectivity index (χ2v) is 5.67. The van der Waals surface area contributed by atoms with Crippen molar-refractivity contribution in [1.29, 1.82) is 0 Å². The van der Waals surface area contributed by atoms with E-state index >= 15 is 0 Å². The Morgan fingerprint density at radius 2 is 1.95 bits per heavy atom. The Hall–Kier alpha value is -0.800. The maximum Gasteiger partial charge on any atom is 0.0804 e. The molecule has 1 aromatic heterocycles. The van der Waals surface area contributed by atoms with Crippen LogP contribution in [-0.4, -0.2) is 11.5 Å². The minimum Gasteiger partial charge on any atom is -0.305 e. The topological polar surface area (TPSA) is 24.9 Å². The molecule has 0 aliphatic heterocycles. The van der Waals surface area contributed by atoms with Crippen LogP contribution in [0.5, 0.6) is 0 Å². The number of rotatable bonds is 5. The van der Waals surface area contributed by atoms with E-state index in [-0.39, 0.29) is 6.04 Å². The summed E-state index contributed by atoms with van der Waals surface area (Å²) in [5.74, 6) is 0. The predicted molar refractivity (Wildman–Crippen MR) is 85.8 cm³/mol. The van der Waals surface area contributed by atoms with Gasteiger partial charge in [-0.05, 0) is 48.9 Å². The van der Waals surface area contributed by atoms with Gasteiger partial charge in [-0.25, -0.2) is 0 Å². The number of benzene rings is 1. The molecule has 2 aromatic rings. The van der Waals surface area contributed by atoms with Crippen LogP contribution in [0.2, 0.25) is 15.1 Å². The summed E-state index contributed by atoms with van der Waals surface area (Å²) >= 11 is 18.6. The summed E-state index contributed by atoms with van der Waals surface area (Å²) in [6.45, 7) is 2.93. The fraction of sp³-hybridized carbons (Fsp3) is 0.267. The Kier molecular flexibility index (Phi) is 5.67. The number of halogens is 3. The molecule has 1 atom stereocenters. The monoisotopic (exact) mass is 328 g/mol. The molecule has 0 bridgehead atoms. The van der Waals surface area contributed by atoms with Crippen LogP contribution in [0.4, 0.5) is 0 Å². The molecule has 0 radical (unpaired) electrons. The minimum absolute atomic E-state index is 0.171. The predicted octanol–water partition coefficient (Wildman–Crippen LogP) is 5.13. The lowest BCUT2D eigenvalue weighted by Gasteiger charge is -2.21. The highest BCUT2D eigenvalue weighted by Crippen LogP contribution is 2.32. The van der Waals surface area contributed by atoms with Gasteiger partial charge in [-0.2, -0.15) is 0 Å². The quantitative estimate of drug-likeness (QED) is 0.822. The second kappa shape index (κ2) is 7.28. The first-order valence-electron chi connectivity index (χ1n) is 6.42. The number of hydrogen-bond donors (Lipinski definition) is 1. The molecule has 0 aliphatic rings. The molecule has 1 heterocycles. The largest absolute Gasteiger partial charge is 0.305 e. The van der Waals surface area contributed by atoms with E-state index in [1.807, 2.05) is 18.2 Å². The third-order valence-corrected chi connectivity index (χ3v) is 3.83. The van der Waals surface area contributed by atoms with Crippen LogP contribution in [0.1, 0.15) is 30.6 Å². The fourth-order valence-electron chi connectivity index (χ4n) is 1.99. The average Bonchev–Trinajstić information content (AvgIpc) is 2.44. The number of aromatic nitrogens is 1. The van der Waals surface area contributed by atoms with E-state index in [4.69, 9.17) is 34.8 Å². The molecule has 1 aromatic carbocycles. The van der Waals surface area contributed by atoms with Crippen molar-refractivity contribution >= 4 is 34.8 Å². The van der Waals surface area contributed by atoms with Gasteiger partial charge in [0.25, 0.3) is 0 Å². The molecule has 5 heteroatoms. The van der Waals surface area contributed by atoms with Gasteiger partial charge >= 0.3 is 0 Å². The first-order valence-corrected chi connectivity index (χ1v) is 7.55. The lowest BCUT2D eigenvalue weighted by molar-refractivity contribution is 0.587. The van der Waals surface area contributed by atoms with Crippen LogP contribution < -0.4 is 5.32 Å². The summed E-state index contributed by atoms with van der Waals surface area (Å²) in [6, 6.07) is 8.86. The van der Waals surface area contributed by atoms with Crippen molar-refractivity contribution in [2.24, 2.45) is 0 Å². The van der Waals surface area contributed by atoms with Crippen LogP contribution in [0.25, 0.3) is 0 Å². The molecule has 0 amide bonds. The lowest BCUT2D eigenvalue weighted by Crippen LogP contribution is -2.24. The molecule has 20 heavy (non-hydrogen) atoms. The maximum atomic E-state index is 6.30. The van der Waals surface area contributed by atoms with E-state index in [1.165, 1.54) is 0 Å². The Morgan fingerprint density at radius 1 is 1.15 bits per heavy atom.